The first kappa shape index (κ1) is 11.3. The minimum atomic E-state index is 0.288. The molecule has 0 unspecified atom stereocenters. The number of para-hydroxylation sites is 1. The normalized spacial score (nSPS) is 10.3. The van der Waals surface area contributed by atoms with Gasteiger partial charge in [0.15, 0.2) is 12.0 Å². The molecule has 2 aromatic heterocycles. The Labute approximate surface area is 109 Å². The molecule has 4 heteroatoms. The summed E-state index contributed by atoms with van der Waals surface area (Å²) < 4.78 is 5.71. The van der Waals surface area contributed by atoms with Crippen LogP contribution in [0.5, 0.6) is 11.6 Å². The zero-order valence-corrected chi connectivity index (χ0v) is 9.98. The lowest BCUT2D eigenvalue weighted by Gasteiger charge is -2.08. The number of carbonyl (C=O) groups is 1. The van der Waals surface area contributed by atoms with Gasteiger partial charge in [-0.25, -0.2) is 4.98 Å². The molecule has 0 spiro atoms. The van der Waals surface area contributed by atoms with E-state index < -0.39 is 0 Å². The van der Waals surface area contributed by atoms with Gasteiger partial charge in [0.2, 0.25) is 5.88 Å². The van der Waals surface area contributed by atoms with Gasteiger partial charge in [0.25, 0.3) is 0 Å². The predicted octanol–water partition coefficient (Wildman–Crippen LogP) is 3.23. The minimum absolute atomic E-state index is 0.288. The highest BCUT2D eigenvalue weighted by Crippen LogP contribution is 2.28. The first-order valence-corrected chi connectivity index (χ1v) is 5.80. The second-order valence-electron chi connectivity index (χ2n) is 3.95. The zero-order chi connectivity index (χ0) is 13.1. The number of aromatic nitrogens is 2. The summed E-state index contributed by atoms with van der Waals surface area (Å²) in [5.41, 5.74) is 1.16. The molecule has 0 saturated heterocycles. The fourth-order valence-electron chi connectivity index (χ4n) is 1.84. The highest BCUT2D eigenvalue weighted by molar-refractivity contribution is 5.85. The minimum Gasteiger partial charge on any atom is -0.436 e. The second kappa shape index (κ2) is 4.86. The first-order chi connectivity index (χ1) is 9.38. The topological polar surface area (TPSA) is 52.1 Å². The highest BCUT2D eigenvalue weighted by atomic mass is 16.5. The maximum Gasteiger partial charge on any atom is 0.229 e. The van der Waals surface area contributed by atoms with Crippen molar-refractivity contribution >= 4 is 17.2 Å². The lowest BCUT2D eigenvalue weighted by atomic mass is 10.2. The summed E-state index contributed by atoms with van der Waals surface area (Å²) in [7, 11) is 0. The third-order valence-corrected chi connectivity index (χ3v) is 2.73. The van der Waals surface area contributed by atoms with Crippen molar-refractivity contribution in [3.05, 3.63) is 60.4 Å². The predicted molar refractivity (Wildman–Crippen MR) is 71.4 cm³/mol. The van der Waals surface area contributed by atoms with Crippen LogP contribution in [0.2, 0.25) is 0 Å². The summed E-state index contributed by atoms with van der Waals surface area (Å²) in [6.07, 6.45) is 4.01. The number of rotatable bonds is 3. The Kier molecular flexibility index (Phi) is 2.90. The Morgan fingerprint density at radius 2 is 1.74 bits per heavy atom. The molecule has 0 aliphatic rings. The second-order valence-corrected chi connectivity index (χ2v) is 3.95. The molecule has 0 saturated carbocycles. The van der Waals surface area contributed by atoms with Crippen molar-refractivity contribution < 1.29 is 9.53 Å². The molecule has 4 nitrogen and oxygen atoms in total. The van der Waals surface area contributed by atoms with E-state index >= 15 is 0 Å². The van der Waals surface area contributed by atoms with Gasteiger partial charge < -0.3 is 4.74 Å². The number of hydrogen-bond donors (Lipinski definition) is 0. The van der Waals surface area contributed by atoms with Gasteiger partial charge in [-0.2, -0.15) is 0 Å². The largest absolute Gasteiger partial charge is 0.436 e. The molecule has 0 aliphatic carbocycles. The van der Waals surface area contributed by atoms with E-state index in [0.717, 1.165) is 17.2 Å². The van der Waals surface area contributed by atoms with Gasteiger partial charge in [-0.05, 0) is 24.3 Å². The van der Waals surface area contributed by atoms with Gasteiger partial charge in [-0.1, -0.05) is 18.2 Å². The maximum atomic E-state index is 10.9. The van der Waals surface area contributed by atoms with Crippen LogP contribution in [0.4, 0.5) is 0 Å². The van der Waals surface area contributed by atoms with Gasteiger partial charge in [-0.15, -0.1) is 0 Å². The van der Waals surface area contributed by atoms with Crippen LogP contribution in [0.15, 0.2) is 54.9 Å². The number of hydrogen-bond acceptors (Lipinski definition) is 4. The lowest BCUT2D eigenvalue weighted by Crippen LogP contribution is -1.94. The molecule has 92 valence electrons. The fourth-order valence-corrected chi connectivity index (χ4v) is 1.84. The Hall–Kier alpha value is -2.75. The molecule has 19 heavy (non-hydrogen) atoms. The van der Waals surface area contributed by atoms with Crippen LogP contribution in [0.3, 0.4) is 0 Å². The van der Waals surface area contributed by atoms with Crippen LogP contribution in [-0.2, 0) is 0 Å². The van der Waals surface area contributed by atoms with Crippen molar-refractivity contribution in [2.45, 2.75) is 0 Å². The van der Waals surface area contributed by atoms with Gasteiger partial charge >= 0.3 is 0 Å². The van der Waals surface area contributed by atoms with E-state index in [1.54, 1.807) is 30.6 Å². The summed E-state index contributed by atoms with van der Waals surface area (Å²) in [6.45, 7) is 0. The molecular formula is C15H10N2O2. The number of aldehydes is 1. The Morgan fingerprint density at radius 3 is 2.63 bits per heavy atom. The molecular weight excluding hydrogens is 240 g/mol. The molecule has 0 radical (unpaired) electrons. The Bertz CT molecular complexity index is 736. The van der Waals surface area contributed by atoms with Gasteiger partial charge in [0.05, 0.1) is 5.56 Å². The zero-order valence-electron chi connectivity index (χ0n) is 9.98. The molecule has 0 aliphatic heterocycles. The fraction of sp³-hybridized carbons (Fsp3) is 0. The van der Waals surface area contributed by atoms with E-state index in [9.17, 15) is 4.79 Å². The van der Waals surface area contributed by atoms with Crippen LogP contribution in [0.1, 0.15) is 10.4 Å². The Balaban J connectivity index is 2.08. The van der Waals surface area contributed by atoms with E-state index in [1.165, 1.54) is 0 Å². The molecule has 2 heterocycles. The monoisotopic (exact) mass is 250 g/mol. The number of pyridine rings is 2. The van der Waals surface area contributed by atoms with Crippen LogP contribution >= 0.6 is 0 Å². The standard InChI is InChI=1S/C15H10N2O2/c18-10-12-6-3-9-17-15(12)19-13-7-1-4-11-5-2-8-16-14(11)13/h1-10H. The van der Waals surface area contributed by atoms with E-state index in [2.05, 4.69) is 9.97 Å². The average molecular weight is 250 g/mol. The lowest BCUT2D eigenvalue weighted by molar-refractivity contribution is 0.112. The summed E-state index contributed by atoms with van der Waals surface area (Å²) in [5, 5.41) is 0.976. The van der Waals surface area contributed by atoms with E-state index in [1.807, 2.05) is 24.3 Å². The van der Waals surface area contributed by atoms with Gasteiger partial charge in [0, 0.05) is 17.8 Å². The number of fused-ring (bicyclic) bond motifs is 1. The summed E-state index contributed by atoms with van der Waals surface area (Å²) in [6, 6.07) is 12.8. The number of nitrogens with zero attached hydrogens (tertiary/aromatic N) is 2. The van der Waals surface area contributed by atoms with Crippen molar-refractivity contribution in [2.75, 3.05) is 0 Å². The average Bonchev–Trinajstić information content (AvgIpc) is 2.48. The molecule has 3 aromatic rings. The molecule has 1 aromatic carbocycles. The van der Waals surface area contributed by atoms with Crippen molar-refractivity contribution in [1.82, 2.24) is 9.97 Å². The van der Waals surface area contributed by atoms with Crippen molar-refractivity contribution in [3.63, 3.8) is 0 Å². The highest BCUT2D eigenvalue weighted by Gasteiger charge is 2.08. The van der Waals surface area contributed by atoms with E-state index in [-0.39, 0.29) is 5.88 Å². The molecule has 0 N–H and O–H groups in total. The van der Waals surface area contributed by atoms with Crippen LogP contribution in [-0.4, -0.2) is 16.3 Å². The van der Waals surface area contributed by atoms with Crippen molar-refractivity contribution in [2.24, 2.45) is 0 Å². The molecule has 0 bridgehead atoms. The number of carbonyl (C=O) groups excluding carboxylic acids is 1. The molecule has 0 atom stereocenters. The van der Waals surface area contributed by atoms with Gasteiger partial charge in [-0.3, -0.25) is 9.78 Å². The molecule has 3 rings (SSSR count). The molecule has 0 amide bonds. The third-order valence-electron chi connectivity index (χ3n) is 2.73. The van der Waals surface area contributed by atoms with Crippen LogP contribution in [0, 0.1) is 0 Å². The first-order valence-electron chi connectivity index (χ1n) is 5.80. The van der Waals surface area contributed by atoms with Crippen LogP contribution < -0.4 is 4.74 Å². The SMILES string of the molecule is O=Cc1cccnc1Oc1cccc2cccnc12. The smallest absolute Gasteiger partial charge is 0.229 e. The van der Waals surface area contributed by atoms with Crippen LogP contribution in [0.25, 0.3) is 10.9 Å². The maximum absolute atomic E-state index is 10.9. The Morgan fingerprint density at radius 1 is 0.947 bits per heavy atom. The number of benzene rings is 1. The number of ether oxygens (including phenoxy) is 1. The summed E-state index contributed by atoms with van der Waals surface area (Å²) >= 11 is 0. The van der Waals surface area contributed by atoms with E-state index in [0.29, 0.717) is 11.3 Å². The van der Waals surface area contributed by atoms with Crippen molar-refractivity contribution in [1.29, 1.82) is 0 Å². The van der Waals surface area contributed by atoms with Crippen molar-refractivity contribution in [3.8, 4) is 11.6 Å². The third kappa shape index (κ3) is 2.15. The summed E-state index contributed by atoms with van der Waals surface area (Å²) in [4.78, 5) is 19.3. The van der Waals surface area contributed by atoms with Gasteiger partial charge in [0.1, 0.15) is 5.52 Å². The summed E-state index contributed by atoms with van der Waals surface area (Å²) in [5.74, 6) is 0.871. The molecule has 0 fully saturated rings. The quantitative estimate of drug-likeness (QED) is 0.669. The van der Waals surface area contributed by atoms with E-state index in [4.69, 9.17) is 4.74 Å².